The zero-order valence-electron chi connectivity index (χ0n) is 12.9. The van der Waals surface area contributed by atoms with Crippen LogP contribution in [0.2, 0.25) is 0 Å². The standard InChI is InChI=1S/C14H18N4O4/c1-7-10-13(16-6-15-7)18(8(2)17-10)14-11(19)12(21-4)9(22-14)5-20-3/h6,9,12,14H,5H2,1-4H3/t9-,12?,14-/m0/s1. The van der Waals surface area contributed by atoms with Crippen LogP contribution in [0.15, 0.2) is 6.33 Å². The quantitative estimate of drug-likeness (QED) is 0.816. The summed E-state index contributed by atoms with van der Waals surface area (Å²) in [5.41, 5.74) is 2.01. The van der Waals surface area contributed by atoms with E-state index in [9.17, 15) is 4.79 Å². The van der Waals surface area contributed by atoms with Gasteiger partial charge in [-0.05, 0) is 13.8 Å². The Kier molecular flexibility index (Phi) is 3.90. The molecule has 2 aromatic heterocycles. The van der Waals surface area contributed by atoms with Gasteiger partial charge in [-0.25, -0.2) is 15.0 Å². The molecular formula is C14H18N4O4. The van der Waals surface area contributed by atoms with Crippen LogP contribution in [-0.4, -0.2) is 58.3 Å². The Morgan fingerprint density at radius 3 is 2.77 bits per heavy atom. The number of hydrogen-bond donors (Lipinski definition) is 0. The summed E-state index contributed by atoms with van der Waals surface area (Å²) in [6, 6.07) is 0. The number of ketones is 1. The molecule has 1 aliphatic heterocycles. The molecule has 3 atom stereocenters. The highest BCUT2D eigenvalue weighted by Gasteiger charge is 2.45. The number of fused-ring (bicyclic) bond motifs is 1. The average molecular weight is 306 g/mol. The van der Waals surface area contributed by atoms with Crippen molar-refractivity contribution in [3.05, 3.63) is 17.8 Å². The van der Waals surface area contributed by atoms with Gasteiger partial charge in [-0.3, -0.25) is 9.36 Å². The first-order valence-corrected chi connectivity index (χ1v) is 6.95. The number of aromatic nitrogens is 4. The number of rotatable bonds is 4. The van der Waals surface area contributed by atoms with Crippen LogP contribution in [-0.2, 0) is 19.0 Å². The number of carbonyl (C=O) groups is 1. The summed E-state index contributed by atoms with van der Waals surface area (Å²) < 4.78 is 17.9. The van der Waals surface area contributed by atoms with Crippen molar-refractivity contribution in [1.82, 2.24) is 19.5 Å². The van der Waals surface area contributed by atoms with Crippen LogP contribution < -0.4 is 0 Å². The molecule has 8 nitrogen and oxygen atoms in total. The molecular weight excluding hydrogens is 288 g/mol. The van der Waals surface area contributed by atoms with E-state index >= 15 is 0 Å². The van der Waals surface area contributed by atoms with Crippen molar-refractivity contribution < 1.29 is 19.0 Å². The monoisotopic (exact) mass is 306 g/mol. The maximum atomic E-state index is 12.6. The predicted octanol–water partition coefficient (Wildman–Crippen LogP) is 0.571. The van der Waals surface area contributed by atoms with Crippen molar-refractivity contribution in [3.63, 3.8) is 0 Å². The van der Waals surface area contributed by atoms with Crippen molar-refractivity contribution in [2.45, 2.75) is 32.3 Å². The first-order valence-electron chi connectivity index (χ1n) is 6.95. The third kappa shape index (κ3) is 2.20. The van der Waals surface area contributed by atoms with Gasteiger partial charge in [-0.2, -0.15) is 0 Å². The Hall–Kier alpha value is -1.90. The number of hydrogen-bond acceptors (Lipinski definition) is 7. The minimum Gasteiger partial charge on any atom is -0.382 e. The largest absolute Gasteiger partial charge is 0.382 e. The van der Waals surface area contributed by atoms with Gasteiger partial charge in [0.25, 0.3) is 0 Å². The minimum absolute atomic E-state index is 0.164. The van der Waals surface area contributed by atoms with E-state index in [0.717, 1.165) is 5.69 Å². The van der Waals surface area contributed by atoms with Crippen LogP contribution in [0.4, 0.5) is 0 Å². The zero-order chi connectivity index (χ0) is 15.9. The summed E-state index contributed by atoms with van der Waals surface area (Å²) in [4.78, 5) is 25.4. The first kappa shape index (κ1) is 15.0. The Bertz CT molecular complexity index is 714. The molecule has 0 radical (unpaired) electrons. The van der Waals surface area contributed by atoms with Gasteiger partial charge in [0.2, 0.25) is 5.78 Å². The number of carbonyl (C=O) groups excluding carboxylic acids is 1. The van der Waals surface area contributed by atoms with Crippen molar-refractivity contribution >= 4 is 16.9 Å². The molecule has 1 fully saturated rings. The molecule has 0 saturated carbocycles. The van der Waals surface area contributed by atoms with Gasteiger partial charge in [0.15, 0.2) is 11.9 Å². The lowest BCUT2D eigenvalue weighted by atomic mass is 10.1. The molecule has 8 heteroatoms. The summed E-state index contributed by atoms with van der Waals surface area (Å²) >= 11 is 0. The van der Waals surface area contributed by atoms with E-state index in [1.807, 2.05) is 13.8 Å². The number of imidazole rings is 1. The Labute approximate surface area is 127 Å². The number of Topliss-reactive ketones (excluding diaryl/α,β-unsaturated/α-hetero) is 1. The summed E-state index contributed by atoms with van der Waals surface area (Å²) in [7, 11) is 3.05. The highest BCUT2D eigenvalue weighted by Crippen LogP contribution is 2.31. The molecule has 118 valence electrons. The molecule has 0 bridgehead atoms. The average Bonchev–Trinajstić information content (AvgIpc) is 2.97. The Morgan fingerprint density at radius 2 is 2.09 bits per heavy atom. The lowest BCUT2D eigenvalue weighted by Crippen LogP contribution is -2.32. The molecule has 22 heavy (non-hydrogen) atoms. The van der Waals surface area contributed by atoms with Crippen LogP contribution >= 0.6 is 0 Å². The smallest absolute Gasteiger partial charge is 0.213 e. The Balaban J connectivity index is 2.06. The summed E-state index contributed by atoms with van der Waals surface area (Å²) in [5.74, 6) is 0.480. The normalized spacial score (nSPS) is 25.3. The van der Waals surface area contributed by atoms with Crippen molar-refractivity contribution in [2.75, 3.05) is 20.8 Å². The van der Waals surface area contributed by atoms with E-state index < -0.39 is 18.4 Å². The van der Waals surface area contributed by atoms with Crippen LogP contribution in [0.25, 0.3) is 11.2 Å². The lowest BCUT2D eigenvalue weighted by Gasteiger charge is -2.15. The van der Waals surface area contributed by atoms with Crippen LogP contribution in [0.3, 0.4) is 0 Å². The lowest BCUT2D eigenvalue weighted by molar-refractivity contribution is -0.131. The second-order valence-electron chi connectivity index (χ2n) is 5.20. The highest BCUT2D eigenvalue weighted by molar-refractivity contribution is 5.89. The second kappa shape index (κ2) is 5.71. The van der Waals surface area contributed by atoms with Gasteiger partial charge in [-0.1, -0.05) is 0 Å². The van der Waals surface area contributed by atoms with Gasteiger partial charge in [-0.15, -0.1) is 0 Å². The molecule has 1 unspecified atom stereocenters. The fraction of sp³-hybridized carbons (Fsp3) is 0.571. The van der Waals surface area contributed by atoms with Crippen LogP contribution in [0.1, 0.15) is 17.7 Å². The van der Waals surface area contributed by atoms with E-state index in [1.165, 1.54) is 13.4 Å². The molecule has 0 spiro atoms. The van der Waals surface area contributed by atoms with E-state index in [2.05, 4.69) is 15.0 Å². The van der Waals surface area contributed by atoms with Crippen molar-refractivity contribution in [2.24, 2.45) is 0 Å². The van der Waals surface area contributed by atoms with Crippen LogP contribution in [0, 0.1) is 13.8 Å². The first-order chi connectivity index (χ1) is 10.6. The van der Waals surface area contributed by atoms with E-state index in [0.29, 0.717) is 17.0 Å². The maximum Gasteiger partial charge on any atom is 0.213 e. The SMILES string of the molecule is COC[C@@H]1O[C@H](n2c(C)nc3c(C)ncnc32)C(=O)C1OC. The molecule has 1 aliphatic rings. The van der Waals surface area contributed by atoms with Crippen molar-refractivity contribution in [1.29, 1.82) is 0 Å². The number of aryl methyl sites for hydroxylation is 2. The highest BCUT2D eigenvalue weighted by atomic mass is 16.6. The topological polar surface area (TPSA) is 88.4 Å². The zero-order valence-corrected chi connectivity index (χ0v) is 12.9. The molecule has 3 rings (SSSR count). The van der Waals surface area contributed by atoms with Gasteiger partial charge in [0.05, 0.1) is 12.3 Å². The molecule has 3 heterocycles. The minimum atomic E-state index is -0.815. The predicted molar refractivity (Wildman–Crippen MR) is 76.4 cm³/mol. The molecule has 0 aliphatic carbocycles. The van der Waals surface area contributed by atoms with Gasteiger partial charge in [0.1, 0.15) is 29.9 Å². The molecule has 0 N–H and O–H groups in total. The van der Waals surface area contributed by atoms with Gasteiger partial charge in [0, 0.05) is 14.2 Å². The van der Waals surface area contributed by atoms with Crippen LogP contribution in [0.5, 0.6) is 0 Å². The fourth-order valence-electron chi connectivity index (χ4n) is 2.79. The van der Waals surface area contributed by atoms with E-state index in [-0.39, 0.29) is 12.4 Å². The molecule has 0 aromatic carbocycles. The second-order valence-corrected chi connectivity index (χ2v) is 5.20. The Morgan fingerprint density at radius 1 is 1.32 bits per heavy atom. The molecule has 0 amide bonds. The number of methoxy groups -OCH3 is 2. The molecule has 2 aromatic rings. The number of ether oxygens (including phenoxy) is 3. The third-order valence-electron chi connectivity index (χ3n) is 3.82. The summed E-state index contributed by atoms with van der Waals surface area (Å²) in [6.07, 6.45) is -0.476. The van der Waals surface area contributed by atoms with E-state index in [1.54, 1.807) is 11.7 Å². The summed E-state index contributed by atoms with van der Waals surface area (Å²) in [6.45, 7) is 3.94. The summed E-state index contributed by atoms with van der Waals surface area (Å²) in [5, 5.41) is 0. The number of nitrogens with zero attached hydrogens (tertiary/aromatic N) is 4. The fourth-order valence-corrected chi connectivity index (χ4v) is 2.79. The van der Waals surface area contributed by atoms with Gasteiger partial charge >= 0.3 is 0 Å². The third-order valence-corrected chi connectivity index (χ3v) is 3.82. The van der Waals surface area contributed by atoms with Crippen molar-refractivity contribution in [3.8, 4) is 0 Å². The molecule has 1 saturated heterocycles. The van der Waals surface area contributed by atoms with E-state index in [4.69, 9.17) is 14.2 Å². The van der Waals surface area contributed by atoms with Gasteiger partial charge < -0.3 is 14.2 Å². The maximum absolute atomic E-state index is 12.6.